The average molecular weight is 603 g/mol. The molecule has 2 amide bonds. The zero-order valence-corrected chi connectivity index (χ0v) is 25.0. The third-order valence-electron chi connectivity index (χ3n) is 7.51. The first-order valence-electron chi connectivity index (χ1n) is 14.3. The molecule has 224 valence electrons. The van der Waals surface area contributed by atoms with E-state index in [0.29, 0.717) is 47.0 Å². The average Bonchev–Trinajstić information content (AvgIpc) is 3.34. The number of fused-ring (bicyclic) bond motifs is 1. The van der Waals surface area contributed by atoms with Crippen molar-refractivity contribution in [3.05, 3.63) is 89.5 Å². The normalized spacial score (nSPS) is 16.8. The first-order valence-corrected chi connectivity index (χ1v) is 16.1. The highest BCUT2D eigenvalue weighted by molar-refractivity contribution is 7.92. The maximum Gasteiger partial charge on any atom is 0.338 e. The lowest BCUT2D eigenvalue weighted by Gasteiger charge is -2.30. The van der Waals surface area contributed by atoms with Gasteiger partial charge in [0.15, 0.2) is 0 Å². The second kappa shape index (κ2) is 12.8. The number of carbonyl (C=O) groups excluding carboxylic acids is 3. The number of sulfonamides is 1. The minimum atomic E-state index is -3.73. The van der Waals surface area contributed by atoms with Crippen molar-refractivity contribution in [3.8, 4) is 0 Å². The Kier molecular flexibility index (Phi) is 8.91. The summed E-state index contributed by atoms with van der Waals surface area (Å²) in [4.78, 5) is 45.1. The Bertz CT molecular complexity index is 1650. The molecule has 0 spiro atoms. The molecule has 3 aromatic rings. The van der Waals surface area contributed by atoms with E-state index >= 15 is 0 Å². The van der Waals surface area contributed by atoms with Gasteiger partial charge in [-0.3, -0.25) is 18.9 Å². The van der Waals surface area contributed by atoms with E-state index in [4.69, 9.17) is 9.73 Å². The Morgan fingerprint density at radius 3 is 2.33 bits per heavy atom. The molecule has 1 unspecified atom stereocenters. The highest BCUT2D eigenvalue weighted by Gasteiger charge is 2.36. The maximum absolute atomic E-state index is 13.3. The lowest BCUT2D eigenvalue weighted by atomic mass is 9.90. The number of ether oxygens (including phenoxy) is 1. The lowest BCUT2D eigenvalue weighted by molar-refractivity contribution is -0.130. The largest absolute Gasteiger partial charge is 0.462 e. The van der Waals surface area contributed by atoms with Crippen LogP contribution in [-0.2, 0) is 24.3 Å². The number of rotatable bonds is 9. The van der Waals surface area contributed by atoms with E-state index in [1.807, 2.05) is 30.3 Å². The predicted molar refractivity (Wildman–Crippen MR) is 165 cm³/mol. The summed E-state index contributed by atoms with van der Waals surface area (Å²) < 4.78 is 31.6. The van der Waals surface area contributed by atoms with Gasteiger partial charge in [0.05, 0.1) is 35.5 Å². The van der Waals surface area contributed by atoms with Gasteiger partial charge in [-0.1, -0.05) is 36.4 Å². The van der Waals surface area contributed by atoms with Gasteiger partial charge in [0.25, 0.3) is 0 Å². The number of nitrogens with zero attached hydrogens (tertiary/aromatic N) is 3. The van der Waals surface area contributed by atoms with Crippen LogP contribution >= 0.6 is 0 Å². The van der Waals surface area contributed by atoms with Crippen molar-refractivity contribution < 1.29 is 27.5 Å². The summed E-state index contributed by atoms with van der Waals surface area (Å²) in [5.41, 5.74) is 3.61. The highest BCUT2D eigenvalue weighted by Crippen LogP contribution is 2.37. The van der Waals surface area contributed by atoms with Crippen molar-refractivity contribution in [2.75, 3.05) is 42.1 Å². The summed E-state index contributed by atoms with van der Waals surface area (Å²) in [7, 11) is -3.73. The Balaban J connectivity index is 1.47. The number of piperidine rings is 1. The van der Waals surface area contributed by atoms with Crippen molar-refractivity contribution in [1.29, 1.82) is 0 Å². The van der Waals surface area contributed by atoms with E-state index in [2.05, 4.69) is 5.32 Å². The molecule has 1 saturated heterocycles. The first kappa shape index (κ1) is 30.0. The van der Waals surface area contributed by atoms with Crippen molar-refractivity contribution in [3.63, 3.8) is 0 Å². The summed E-state index contributed by atoms with van der Waals surface area (Å²) in [6.07, 6.45) is 3.98. The molecule has 0 saturated carbocycles. The Morgan fingerprint density at radius 2 is 1.67 bits per heavy atom. The standard InChI is InChI=1S/C32H34N4O6S/c1-3-42-32(39)23-12-17-26-27(20-23)34-31(38)29(26)30(22-10-6-4-7-11-22)33-24-13-15-25(16-14-24)36(43(2,40)41)21-28(37)35-18-8-5-9-19-35/h4,6-7,10-17,20,29H,3,5,8-9,18-19,21H2,1-2H3,(H,34,38). The third-order valence-corrected chi connectivity index (χ3v) is 8.65. The topological polar surface area (TPSA) is 125 Å². The van der Waals surface area contributed by atoms with Crippen LogP contribution < -0.4 is 9.62 Å². The minimum Gasteiger partial charge on any atom is -0.462 e. The van der Waals surface area contributed by atoms with Crippen LogP contribution in [0.5, 0.6) is 0 Å². The van der Waals surface area contributed by atoms with Gasteiger partial charge in [-0.25, -0.2) is 13.2 Å². The molecule has 11 heteroatoms. The molecule has 2 aliphatic heterocycles. The number of anilines is 2. The molecule has 43 heavy (non-hydrogen) atoms. The highest BCUT2D eigenvalue weighted by atomic mass is 32.2. The second-order valence-corrected chi connectivity index (χ2v) is 12.4. The monoisotopic (exact) mass is 602 g/mol. The van der Waals surface area contributed by atoms with Crippen molar-refractivity contribution in [1.82, 2.24) is 4.90 Å². The van der Waals surface area contributed by atoms with Crippen LogP contribution in [0.4, 0.5) is 17.1 Å². The van der Waals surface area contributed by atoms with E-state index in [9.17, 15) is 22.8 Å². The van der Waals surface area contributed by atoms with Gasteiger partial charge in [-0.15, -0.1) is 0 Å². The molecule has 2 aliphatic rings. The van der Waals surface area contributed by atoms with Crippen LogP contribution in [0.25, 0.3) is 0 Å². The number of esters is 1. The maximum atomic E-state index is 13.3. The fourth-order valence-corrected chi connectivity index (χ4v) is 6.23. The number of likely N-dealkylation sites (tertiary alicyclic amines) is 1. The molecule has 1 N–H and O–H groups in total. The van der Waals surface area contributed by atoms with Crippen LogP contribution in [0, 0.1) is 0 Å². The Labute approximate surface area is 251 Å². The van der Waals surface area contributed by atoms with Gasteiger partial charge in [0.2, 0.25) is 21.8 Å². The summed E-state index contributed by atoms with van der Waals surface area (Å²) in [6, 6.07) is 20.8. The third kappa shape index (κ3) is 6.77. The van der Waals surface area contributed by atoms with E-state index in [-0.39, 0.29) is 25.0 Å². The van der Waals surface area contributed by atoms with Crippen LogP contribution in [-0.4, -0.2) is 69.3 Å². The van der Waals surface area contributed by atoms with E-state index < -0.39 is 21.9 Å². The van der Waals surface area contributed by atoms with Gasteiger partial charge in [0, 0.05) is 18.8 Å². The molecule has 3 aromatic carbocycles. The van der Waals surface area contributed by atoms with E-state index in [1.54, 1.807) is 54.3 Å². The van der Waals surface area contributed by atoms with Gasteiger partial charge in [0.1, 0.15) is 12.5 Å². The Hall–Kier alpha value is -4.51. The van der Waals surface area contributed by atoms with E-state index in [0.717, 1.165) is 35.4 Å². The van der Waals surface area contributed by atoms with Gasteiger partial charge < -0.3 is 15.0 Å². The Morgan fingerprint density at radius 1 is 0.977 bits per heavy atom. The van der Waals surface area contributed by atoms with E-state index in [1.165, 1.54) is 0 Å². The number of hydrogen-bond donors (Lipinski definition) is 1. The van der Waals surface area contributed by atoms with Crippen molar-refractivity contribution >= 4 is 50.6 Å². The molecule has 0 bridgehead atoms. The molecule has 2 heterocycles. The molecular weight excluding hydrogens is 568 g/mol. The number of benzene rings is 3. The molecule has 5 rings (SSSR count). The quantitative estimate of drug-likeness (QED) is 0.284. The predicted octanol–water partition coefficient (Wildman–Crippen LogP) is 4.50. The summed E-state index contributed by atoms with van der Waals surface area (Å²) in [5, 5.41) is 2.87. The number of carbonyl (C=O) groups is 3. The number of aliphatic imine (C=N–C) groups is 1. The zero-order chi connectivity index (χ0) is 30.6. The second-order valence-electron chi connectivity index (χ2n) is 10.5. The molecule has 0 aliphatic carbocycles. The molecule has 0 aromatic heterocycles. The lowest BCUT2D eigenvalue weighted by Crippen LogP contribution is -2.44. The number of hydrogen-bond acceptors (Lipinski definition) is 7. The summed E-state index contributed by atoms with van der Waals surface area (Å²) in [5.74, 6) is -1.73. The van der Waals surface area contributed by atoms with Crippen LogP contribution in [0.3, 0.4) is 0 Å². The summed E-state index contributed by atoms with van der Waals surface area (Å²) >= 11 is 0. The molecule has 10 nitrogen and oxygen atoms in total. The van der Waals surface area contributed by atoms with Gasteiger partial charge in [-0.05, 0) is 73.7 Å². The van der Waals surface area contributed by atoms with Crippen LogP contribution in [0.15, 0.2) is 77.8 Å². The zero-order valence-electron chi connectivity index (χ0n) is 24.2. The van der Waals surface area contributed by atoms with Gasteiger partial charge >= 0.3 is 5.97 Å². The van der Waals surface area contributed by atoms with Gasteiger partial charge in [-0.2, -0.15) is 0 Å². The number of nitrogens with one attached hydrogen (secondary N) is 1. The molecule has 1 fully saturated rings. The molecule has 1 atom stereocenters. The molecular formula is C32H34N4O6S. The van der Waals surface area contributed by atoms with Crippen LogP contribution in [0.2, 0.25) is 0 Å². The first-order chi connectivity index (χ1) is 20.7. The fraction of sp³-hybridized carbons (Fsp3) is 0.312. The smallest absolute Gasteiger partial charge is 0.338 e. The minimum absolute atomic E-state index is 0.226. The fourth-order valence-electron chi connectivity index (χ4n) is 5.38. The van der Waals surface area contributed by atoms with Crippen molar-refractivity contribution in [2.45, 2.75) is 32.1 Å². The van der Waals surface area contributed by atoms with Crippen molar-refractivity contribution in [2.24, 2.45) is 4.99 Å². The summed E-state index contributed by atoms with van der Waals surface area (Å²) in [6.45, 7) is 2.96. The number of amides is 2. The molecule has 0 radical (unpaired) electrons. The van der Waals surface area contributed by atoms with Crippen LogP contribution in [0.1, 0.15) is 53.6 Å². The SMILES string of the molecule is CCOC(=O)c1ccc2c(c1)NC(=O)C2C(=Nc1ccc(N(CC(=O)N2CCCCC2)S(C)(=O)=O)cc1)c1ccccc1.